The molecule has 1 heterocycles. The Hall–Kier alpha value is 0.0400. The van der Waals surface area contributed by atoms with Crippen LogP contribution in [0.15, 0.2) is 6.07 Å². The van der Waals surface area contributed by atoms with Gasteiger partial charge in [-0.25, -0.2) is 0 Å². The van der Waals surface area contributed by atoms with E-state index in [1.54, 1.807) is 6.07 Å². The second kappa shape index (κ2) is 5.13. The number of carbonyl (C=O) groups excluding carboxylic acids is 1. The minimum atomic E-state index is -0.189. The van der Waals surface area contributed by atoms with E-state index in [1.807, 2.05) is 0 Å². The number of rotatable bonds is 2. The molecule has 1 fully saturated rings. The number of halogens is 3. The fraction of sp³-hybridized carbons (Fsp3) is 0.500. The Bertz CT molecular complexity index is 407. The molecule has 1 aliphatic rings. The molecule has 1 aromatic rings. The second-order valence-electron chi connectivity index (χ2n) is 3.76. The fourth-order valence-electron chi connectivity index (χ4n) is 1.82. The molecule has 6 heteroatoms. The van der Waals surface area contributed by atoms with Gasteiger partial charge in [-0.05, 0) is 25.3 Å². The summed E-state index contributed by atoms with van der Waals surface area (Å²) in [7, 11) is 0. The fourth-order valence-corrected chi connectivity index (χ4v) is 3.62. The topological polar surface area (TPSA) is 29.1 Å². The van der Waals surface area contributed by atoms with E-state index < -0.39 is 0 Å². The summed E-state index contributed by atoms with van der Waals surface area (Å²) in [5.41, 5.74) is 0.437. The molecule has 0 radical (unpaired) electrons. The second-order valence-corrected chi connectivity index (χ2v) is 6.61. The van der Waals surface area contributed by atoms with Gasteiger partial charge in [-0.15, -0.1) is 22.9 Å². The van der Waals surface area contributed by atoms with Gasteiger partial charge in [0, 0.05) is 6.04 Å². The van der Waals surface area contributed by atoms with E-state index in [9.17, 15) is 4.79 Å². The highest BCUT2D eigenvalue weighted by Crippen LogP contribution is 2.31. The molecule has 0 spiro atoms. The predicted molar refractivity (Wildman–Crippen MR) is 69.1 cm³/mol. The molecule has 1 saturated carbocycles. The van der Waals surface area contributed by atoms with Crippen molar-refractivity contribution in [2.75, 3.05) is 0 Å². The summed E-state index contributed by atoms with van der Waals surface area (Å²) in [5, 5.41) is 2.92. The van der Waals surface area contributed by atoms with Crippen molar-refractivity contribution in [2.45, 2.75) is 30.7 Å². The van der Waals surface area contributed by atoms with Gasteiger partial charge in [0.15, 0.2) is 0 Å². The minimum Gasteiger partial charge on any atom is -0.348 e. The summed E-state index contributed by atoms with van der Waals surface area (Å²) in [4.78, 5) is 11.9. The maximum atomic E-state index is 11.9. The Morgan fingerprint density at radius 1 is 1.44 bits per heavy atom. The third-order valence-electron chi connectivity index (χ3n) is 2.65. The average Bonchev–Trinajstić information content (AvgIpc) is 2.74. The van der Waals surface area contributed by atoms with E-state index in [0.29, 0.717) is 14.2 Å². The lowest BCUT2D eigenvalue weighted by Crippen LogP contribution is -2.37. The van der Waals surface area contributed by atoms with Crippen LogP contribution < -0.4 is 5.32 Å². The first kappa shape index (κ1) is 12.5. The van der Waals surface area contributed by atoms with Crippen LogP contribution in [0.25, 0.3) is 0 Å². The van der Waals surface area contributed by atoms with Gasteiger partial charge in [-0.1, -0.05) is 23.2 Å². The monoisotopic (exact) mass is 297 g/mol. The molecule has 2 unspecified atom stereocenters. The number of hydrogen-bond acceptors (Lipinski definition) is 2. The molecule has 1 amide bonds. The molecular weight excluding hydrogens is 289 g/mol. The highest BCUT2D eigenvalue weighted by Gasteiger charge is 2.27. The van der Waals surface area contributed by atoms with Crippen LogP contribution in [0.3, 0.4) is 0 Å². The molecule has 1 N–H and O–H groups in total. The van der Waals surface area contributed by atoms with Crippen LogP contribution in [0.2, 0.25) is 8.67 Å². The molecular formula is C10H10Cl3NOS. The quantitative estimate of drug-likeness (QED) is 0.823. The van der Waals surface area contributed by atoms with Crippen molar-refractivity contribution in [3.8, 4) is 0 Å². The average molecular weight is 299 g/mol. The van der Waals surface area contributed by atoms with E-state index in [0.717, 1.165) is 19.3 Å². The summed E-state index contributed by atoms with van der Waals surface area (Å²) >= 11 is 19.0. The van der Waals surface area contributed by atoms with Gasteiger partial charge in [-0.2, -0.15) is 0 Å². The number of amides is 1. The summed E-state index contributed by atoms with van der Waals surface area (Å²) in [5.74, 6) is -0.189. The summed E-state index contributed by atoms with van der Waals surface area (Å²) < 4.78 is 0.940. The zero-order valence-corrected chi connectivity index (χ0v) is 11.4. The van der Waals surface area contributed by atoms with Gasteiger partial charge in [0.05, 0.1) is 15.3 Å². The lowest BCUT2D eigenvalue weighted by Gasteiger charge is -2.15. The zero-order chi connectivity index (χ0) is 11.7. The summed E-state index contributed by atoms with van der Waals surface area (Å²) in [6.07, 6.45) is 2.93. The number of thiophene rings is 1. The third-order valence-corrected chi connectivity index (χ3v) is 4.66. The van der Waals surface area contributed by atoms with Crippen LogP contribution in [-0.4, -0.2) is 17.3 Å². The van der Waals surface area contributed by atoms with Crippen LogP contribution >= 0.6 is 46.1 Å². The van der Waals surface area contributed by atoms with Crippen LogP contribution in [0, 0.1) is 0 Å². The Morgan fingerprint density at radius 3 is 2.69 bits per heavy atom. The first-order valence-corrected chi connectivity index (χ1v) is 6.98. The standard InChI is InChI=1S/C10H10Cl3NOS/c11-6-2-1-3-7(6)14-10(15)5-4-8(12)16-9(5)13/h4,6-7H,1-3H2,(H,14,15). The largest absolute Gasteiger partial charge is 0.348 e. The highest BCUT2D eigenvalue weighted by molar-refractivity contribution is 7.20. The predicted octanol–water partition coefficient (Wildman–Crippen LogP) is 3.94. The van der Waals surface area contributed by atoms with Gasteiger partial charge in [-0.3, -0.25) is 4.79 Å². The van der Waals surface area contributed by atoms with Crippen LogP contribution in [0.4, 0.5) is 0 Å². The molecule has 1 aliphatic carbocycles. The van der Waals surface area contributed by atoms with Crippen molar-refractivity contribution in [3.63, 3.8) is 0 Å². The van der Waals surface area contributed by atoms with Gasteiger partial charge in [0.1, 0.15) is 4.34 Å². The molecule has 0 aromatic carbocycles. The molecule has 2 atom stereocenters. The van der Waals surface area contributed by atoms with Crippen molar-refractivity contribution in [1.29, 1.82) is 0 Å². The van der Waals surface area contributed by atoms with E-state index in [1.165, 1.54) is 11.3 Å². The Balaban J connectivity index is 2.05. The van der Waals surface area contributed by atoms with Crippen molar-refractivity contribution in [3.05, 3.63) is 20.3 Å². The molecule has 2 rings (SSSR count). The molecule has 16 heavy (non-hydrogen) atoms. The molecule has 1 aromatic heterocycles. The summed E-state index contributed by atoms with van der Waals surface area (Å²) in [6, 6.07) is 1.63. The van der Waals surface area contributed by atoms with Crippen molar-refractivity contribution < 1.29 is 4.79 Å². The number of carbonyl (C=O) groups is 1. The maximum Gasteiger partial charge on any atom is 0.253 e. The normalized spacial score (nSPS) is 24.7. The van der Waals surface area contributed by atoms with E-state index >= 15 is 0 Å². The van der Waals surface area contributed by atoms with Gasteiger partial charge >= 0.3 is 0 Å². The lowest BCUT2D eigenvalue weighted by molar-refractivity contribution is 0.0939. The molecule has 0 aliphatic heterocycles. The first-order chi connectivity index (χ1) is 7.58. The van der Waals surface area contributed by atoms with E-state index in [4.69, 9.17) is 34.8 Å². The molecule has 0 saturated heterocycles. The van der Waals surface area contributed by atoms with Crippen molar-refractivity contribution >= 4 is 52.0 Å². The van der Waals surface area contributed by atoms with Crippen molar-refractivity contribution in [2.24, 2.45) is 0 Å². The van der Waals surface area contributed by atoms with Gasteiger partial charge < -0.3 is 5.32 Å². The zero-order valence-electron chi connectivity index (χ0n) is 8.30. The first-order valence-electron chi connectivity index (χ1n) is 4.97. The van der Waals surface area contributed by atoms with Crippen LogP contribution in [0.1, 0.15) is 29.6 Å². The van der Waals surface area contributed by atoms with Gasteiger partial charge in [0.2, 0.25) is 0 Å². The molecule has 2 nitrogen and oxygen atoms in total. The third kappa shape index (κ3) is 2.65. The Kier molecular flexibility index (Phi) is 4.01. The van der Waals surface area contributed by atoms with E-state index in [-0.39, 0.29) is 17.3 Å². The van der Waals surface area contributed by atoms with Crippen LogP contribution in [-0.2, 0) is 0 Å². The smallest absolute Gasteiger partial charge is 0.253 e. The van der Waals surface area contributed by atoms with Crippen molar-refractivity contribution in [1.82, 2.24) is 5.32 Å². The summed E-state index contributed by atoms with van der Waals surface area (Å²) in [6.45, 7) is 0. The van der Waals surface area contributed by atoms with Crippen LogP contribution in [0.5, 0.6) is 0 Å². The SMILES string of the molecule is O=C(NC1CCCC1Cl)c1cc(Cl)sc1Cl. The number of nitrogens with one attached hydrogen (secondary N) is 1. The molecule has 88 valence electrons. The van der Waals surface area contributed by atoms with Gasteiger partial charge in [0.25, 0.3) is 5.91 Å². The Morgan fingerprint density at radius 2 is 2.19 bits per heavy atom. The highest BCUT2D eigenvalue weighted by atomic mass is 35.5. The lowest BCUT2D eigenvalue weighted by atomic mass is 10.2. The Labute approximate surface area is 113 Å². The van der Waals surface area contributed by atoms with E-state index in [2.05, 4.69) is 5.32 Å². The minimum absolute atomic E-state index is 0.0248. The number of alkyl halides is 1. The number of hydrogen-bond donors (Lipinski definition) is 1. The maximum absolute atomic E-state index is 11.9. The molecule has 0 bridgehead atoms.